The largest absolute Gasteiger partial charge is 0.591 e. The molecule has 0 aromatic carbocycles. The Labute approximate surface area is 106 Å². The minimum Gasteiger partial charge on any atom is -0.591 e. The molecule has 0 bridgehead atoms. The monoisotopic (exact) mass is 306 g/mol. The van der Waals surface area contributed by atoms with Crippen molar-refractivity contribution in [1.82, 2.24) is 4.98 Å². The summed E-state index contributed by atoms with van der Waals surface area (Å²) in [4.78, 5) is 3.88. The lowest BCUT2D eigenvalue weighted by atomic mass is 10.3. The first kappa shape index (κ1) is 13.6. The van der Waals surface area contributed by atoms with Gasteiger partial charge < -0.3 is 4.55 Å². The number of nitrogens with zero attached hydrogens (tertiary/aromatic N) is 2. The zero-order valence-electron chi connectivity index (χ0n) is 9.20. The van der Waals surface area contributed by atoms with Gasteiger partial charge in [0.1, 0.15) is 32.6 Å². The highest BCUT2D eigenvalue weighted by atomic mass is 79.9. The Hall–Kier alpha value is -0.460. The molecule has 1 rings (SSSR count). The lowest BCUT2D eigenvalue weighted by Crippen LogP contribution is -2.25. The quantitative estimate of drug-likeness (QED) is 0.479. The first-order valence-electron chi connectivity index (χ1n) is 4.59. The molecule has 0 N–H and O–H groups in total. The van der Waals surface area contributed by atoms with Crippen LogP contribution in [0.2, 0.25) is 0 Å². The van der Waals surface area contributed by atoms with E-state index in [1.807, 2.05) is 0 Å². The van der Waals surface area contributed by atoms with Gasteiger partial charge in [-0.1, -0.05) is 4.40 Å². The fraction of sp³-hybridized carbons (Fsp3) is 0.400. The van der Waals surface area contributed by atoms with Crippen LogP contribution in [0.25, 0.3) is 0 Å². The van der Waals surface area contributed by atoms with E-state index in [1.54, 1.807) is 20.8 Å². The number of pyridine rings is 1. The predicted molar refractivity (Wildman–Crippen MR) is 67.4 cm³/mol. The zero-order valence-corrected chi connectivity index (χ0v) is 11.6. The Morgan fingerprint density at radius 1 is 1.50 bits per heavy atom. The maximum Gasteiger partial charge on any atom is 0.150 e. The number of hydrogen-bond donors (Lipinski definition) is 0. The smallest absolute Gasteiger partial charge is 0.150 e. The predicted octanol–water partition coefficient (Wildman–Crippen LogP) is 2.86. The summed E-state index contributed by atoms with van der Waals surface area (Å²) in [5.74, 6) is -0.488. The Bertz CT molecular complexity index is 406. The molecule has 88 valence electrons. The third-order valence-electron chi connectivity index (χ3n) is 1.63. The number of aromatic nitrogens is 1. The summed E-state index contributed by atoms with van der Waals surface area (Å²) in [5.41, 5.74) is 0.0759. The summed E-state index contributed by atoms with van der Waals surface area (Å²) < 4.78 is 28.7. The third kappa shape index (κ3) is 3.84. The van der Waals surface area contributed by atoms with Crippen molar-refractivity contribution in [2.75, 3.05) is 0 Å². The molecule has 0 saturated carbocycles. The molecule has 1 heterocycles. The van der Waals surface area contributed by atoms with Gasteiger partial charge in [0.25, 0.3) is 0 Å². The SMILES string of the molecule is CC(C)(C)[S@+]([O-])N=Cc1nc(Br)ccc1F. The van der Waals surface area contributed by atoms with E-state index >= 15 is 0 Å². The average Bonchev–Trinajstić information content (AvgIpc) is 2.17. The number of rotatable bonds is 2. The van der Waals surface area contributed by atoms with Crippen molar-refractivity contribution in [2.24, 2.45) is 4.40 Å². The van der Waals surface area contributed by atoms with Crippen LogP contribution in [0.1, 0.15) is 26.5 Å². The second-order valence-corrected chi connectivity index (χ2v) is 6.84. The van der Waals surface area contributed by atoms with Gasteiger partial charge in [0.2, 0.25) is 0 Å². The second-order valence-electron chi connectivity index (χ2n) is 4.10. The average molecular weight is 307 g/mol. The highest BCUT2D eigenvalue weighted by Crippen LogP contribution is 2.17. The van der Waals surface area contributed by atoms with Gasteiger partial charge in [-0.2, -0.15) is 0 Å². The van der Waals surface area contributed by atoms with Crippen LogP contribution in [0.4, 0.5) is 4.39 Å². The van der Waals surface area contributed by atoms with Crippen molar-refractivity contribution in [3.63, 3.8) is 0 Å². The third-order valence-corrected chi connectivity index (χ3v) is 3.42. The van der Waals surface area contributed by atoms with E-state index in [2.05, 4.69) is 25.3 Å². The highest BCUT2D eigenvalue weighted by Gasteiger charge is 2.26. The van der Waals surface area contributed by atoms with E-state index in [0.29, 0.717) is 4.60 Å². The van der Waals surface area contributed by atoms with Gasteiger partial charge in [0.15, 0.2) is 5.82 Å². The van der Waals surface area contributed by atoms with Crippen molar-refractivity contribution < 1.29 is 8.94 Å². The van der Waals surface area contributed by atoms with E-state index in [1.165, 1.54) is 18.3 Å². The molecular formula is C10H12BrFN2OS. The minimum atomic E-state index is -1.41. The Morgan fingerprint density at radius 3 is 2.69 bits per heavy atom. The fourth-order valence-corrected chi connectivity index (χ4v) is 1.61. The van der Waals surface area contributed by atoms with Crippen molar-refractivity contribution >= 4 is 33.5 Å². The molecule has 0 spiro atoms. The van der Waals surface area contributed by atoms with E-state index in [9.17, 15) is 8.94 Å². The molecule has 0 aliphatic heterocycles. The standard InChI is InChI=1S/C10H12BrFN2OS/c1-10(2,3)16(15)13-6-8-7(12)4-5-9(11)14-8/h4-6H,1-3H3/t16-/m0/s1. The summed E-state index contributed by atoms with van der Waals surface area (Å²) in [6.07, 6.45) is 1.20. The Balaban J connectivity index is 2.88. The molecule has 0 amide bonds. The first-order chi connectivity index (χ1) is 7.30. The summed E-state index contributed by atoms with van der Waals surface area (Å²) in [7, 11) is 0. The summed E-state index contributed by atoms with van der Waals surface area (Å²) >= 11 is 1.72. The first-order valence-corrected chi connectivity index (χ1v) is 6.49. The van der Waals surface area contributed by atoms with Gasteiger partial charge in [-0.05, 0) is 48.8 Å². The number of hydrogen-bond acceptors (Lipinski definition) is 3. The Morgan fingerprint density at radius 2 is 2.12 bits per heavy atom. The van der Waals surface area contributed by atoms with Crippen molar-refractivity contribution in [2.45, 2.75) is 25.5 Å². The van der Waals surface area contributed by atoms with E-state index in [4.69, 9.17) is 0 Å². The summed E-state index contributed by atoms with van der Waals surface area (Å²) in [6.45, 7) is 5.39. The van der Waals surface area contributed by atoms with Crippen LogP contribution in [-0.2, 0) is 11.4 Å². The summed E-state index contributed by atoms with van der Waals surface area (Å²) in [5, 5.41) is 0. The normalized spacial score (nSPS) is 14.4. The van der Waals surface area contributed by atoms with Crippen LogP contribution in [0.5, 0.6) is 0 Å². The molecule has 0 aliphatic carbocycles. The Kier molecular flexibility index (Phi) is 4.46. The van der Waals surface area contributed by atoms with E-state index in [-0.39, 0.29) is 5.69 Å². The highest BCUT2D eigenvalue weighted by molar-refractivity contribution is 9.10. The van der Waals surface area contributed by atoms with Crippen LogP contribution in [0.15, 0.2) is 21.1 Å². The molecule has 1 atom stereocenters. The van der Waals surface area contributed by atoms with Gasteiger partial charge in [0.05, 0.1) is 0 Å². The second kappa shape index (κ2) is 5.25. The topological polar surface area (TPSA) is 48.3 Å². The van der Waals surface area contributed by atoms with Gasteiger partial charge in [-0.3, -0.25) is 0 Å². The van der Waals surface area contributed by atoms with Gasteiger partial charge in [-0.25, -0.2) is 9.37 Å². The van der Waals surface area contributed by atoms with Crippen molar-refractivity contribution in [3.05, 3.63) is 28.2 Å². The molecule has 0 unspecified atom stereocenters. The van der Waals surface area contributed by atoms with Crippen molar-refractivity contribution in [1.29, 1.82) is 0 Å². The lowest BCUT2D eigenvalue weighted by Gasteiger charge is -2.17. The molecule has 1 aromatic heterocycles. The molecule has 0 saturated heterocycles. The van der Waals surface area contributed by atoms with E-state index < -0.39 is 21.9 Å². The molecule has 0 aliphatic rings. The molecule has 16 heavy (non-hydrogen) atoms. The van der Waals surface area contributed by atoms with Gasteiger partial charge in [0, 0.05) is 0 Å². The summed E-state index contributed by atoms with van der Waals surface area (Å²) in [6, 6.07) is 2.77. The molecule has 1 aromatic rings. The van der Waals surface area contributed by atoms with Crippen LogP contribution >= 0.6 is 15.9 Å². The number of halogens is 2. The molecular weight excluding hydrogens is 295 g/mol. The molecule has 6 heteroatoms. The van der Waals surface area contributed by atoms with E-state index in [0.717, 1.165) is 0 Å². The van der Waals surface area contributed by atoms with Crippen molar-refractivity contribution in [3.8, 4) is 0 Å². The maximum absolute atomic E-state index is 13.2. The minimum absolute atomic E-state index is 0.0759. The zero-order chi connectivity index (χ0) is 12.3. The van der Waals surface area contributed by atoms with Crippen LogP contribution in [-0.4, -0.2) is 20.5 Å². The molecule has 0 radical (unpaired) electrons. The van der Waals surface area contributed by atoms with Crippen LogP contribution < -0.4 is 0 Å². The maximum atomic E-state index is 13.2. The van der Waals surface area contributed by atoms with Crippen LogP contribution in [0, 0.1) is 5.82 Å². The lowest BCUT2D eigenvalue weighted by molar-refractivity contribution is 0.561. The molecule has 3 nitrogen and oxygen atoms in total. The van der Waals surface area contributed by atoms with Gasteiger partial charge in [-0.15, -0.1) is 0 Å². The van der Waals surface area contributed by atoms with Gasteiger partial charge >= 0.3 is 0 Å². The fourth-order valence-electron chi connectivity index (χ4n) is 0.779. The van der Waals surface area contributed by atoms with Crippen LogP contribution in [0.3, 0.4) is 0 Å². The molecule has 0 fully saturated rings.